The summed E-state index contributed by atoms with van der Waals surface area (Å²) in [5.74, 6) is 0.0264. The number of aryl methyl sites for hydroxylation is 2. The van der Waals surface area contributed by atoms with Crippen molar-refractivity contribution in [2.45, 2.75) is 27.2 Å². The molecule has 0 heterocycles. The molecule has 0 saturated carbocycles. The number of anilines is 1. The van der Waals surface area contributed by atoms with E-state index in [1.807, 2.05) is 32.9 Å². The number of nitrogens with one attached hydrogen (secondary N) is 1. The maximum absolute atomic E-state index is 11.2. The van der Waals surface area contributed by atoms with E-state index < -0.39 is 0 Å². The number of hydrogen-bond donors (Lipinski definition) is 1. The molecule has 0 atom stereocenters. The van der Waals surface area contributed by atoms with Crippen LogP contribution in [0, 0.1) is 13.8 Å². The van der Waals surface area contributed by atoms with Gasteiger partial charge in [-0.1, -0.05) is 18.5 Å². The predicted molar refractivity (Wildman–Crippen MR) is 59.8 cm³/mol. The van der Waals surface area contributed by atoms with Crippen LogP contribution < -0.4 is 5.32 Å². The number of rotatable bonds is 2. The summed E-state index contributed by atoms with van der Waals surface area (Å²) in [5.41, 5.74) is 2.87. The second-order valence-corrected chi connectivity index (χ2v) is 3.75. The van der Waals surface area contributed by atoms with Crippen LogP contribution in [0.3, 0.4) is 0 Å². The van der Waals surface area contributed by atoms with Crippen molar-refractivity contribution in [1.82, 2.24) is 0 Å². The average Bonchev–Trinajstić information content (AvgIpc) is 2.10. The predicted octanol–water partition coefficient (Wildman–Crippen LogP) is 3.30. The number of carbonyl (C=O) groups excluding carboxylic acids is 1. The van der Waals surface area contributed by atoms with E-state index in [1.54, 1.807) is 0 Å². The summed E-state index contributed by atoms with van der Waals surface area (Å²) in [6.07, 6.45) is 0.488. The Hall–Kier alpha value is 0.0839. The Morgan fingerprint density at radius 2 is 1.80 bits per heavy atom. The van der Waals surface area contributed by atoms with Crippen LogP contribution in [0.2, 0.25) is 5.02 Å². The van der Waals surface area contributed by atoms with Gasteiger partial charge in [-0.2, -0.15) is 0 Å². The zero-order valence-electron chi connectivity index (χ0n) is 9.23. The van der Waals surface area contributed by atoms with Crippen molar-refractivity contribution in [2.24, 2.45) is 0 Å². The molecular weight excluding hydrogens is 286 g/mol. The standard InChI is InChI=1S/C11H14ClNO.Y/c1-4-10(14)13-11-7(2)5-9(12)6-8(11)3;/h5-6H,4H2,1-3H3,(H,13,14);. The van der Waals surface area contributed by atoms with E-state index in [0.717, 1.165) is 16.8 Å². The van der Waals surface area contributed by atoms with Gasteiger partial charge in [-0.15, -0.1) is 0 Å². The van der Waals surface area contributed by atoms with Gasteiger partial charge in [0.1, 0.15) is 0 Å². The number of benzene rings is 1. The van der Waals surface area contributed by atoms with Crippen LogP contribution in [0.1, 0.15) is 24.5 Å². The summed E-state index contributed by atoms with van der Waals surface area (Å²) in [4.78, 5) is 11.2. The Morgan fingerprint density at radius 3 is 2.20 bits per heavy atom. The molecule has 79 valence electrons. The van der Waals surface area contributed by atoms with Gasteiger partial charge >= 0.3 is 0 Å². The van der Waals surface area contributed by atoms with Crippen molar-refractivity contribution in [3.05, 3.63) is 28.3 Å². The maximum atomic E-state index is 11.2. The monoisotopic (exact) mass is 300 g/mol. The molecule has 0 aliphatic rings. The number of hydrogen-bond acceptors (Lipinski definition) is 1. The van der Waals surface area contributed by atoms with Crippen molar-refractivity contribution >= 4 is 23.2 Å². The molecule has 1 N–H and O–H groups in total. The molecule has 1 amide bonds. The minimum absolute atomic E-state index is 0. The third-order valence-electron chi connectivity index (χ3n) is 2.08. The van der Waals surface area contributed by atoms with E-state index in [0.29, 0.717) is 11.4 Å². The van der Waals surface area contributed by atoms with Crippen molar-refractivity contribution in [2.75, 3.05) is 5.32 Å². The first-order valence-electron chi connectivity index (χ1n) is 4.61. The fourth-order valence-electron chi connectivity index (χ4n) is 1.34. The quantitative estimate of drug-likeness (QED) is 0.892. The second-order valence-electron chi connectivity index (χ2n) is 3.32. The minimum atomic E-state index is 0. The molecule has 0 aromatic heterocycles. The van der Waals surface area contributed by atoms with Gasteiger partial charge in [-0.3, -0.25) is 4.79 Å². The van der Waals surface area contributed by atoms with Gasteiger partial charge in [-0.05, 0) is 37.1 Å². The number of halogens is 1. The van der Waals surface area contributed by atoms with Gasteiger partial charge in [0, 0.05) is 49.8 Å². The van der Waals surface area contributed by atoms with E-state index >= 15 is 0 Å². The van der Waals surface area contributed by atoms with Crippen LogP contribution in [0.15, 0.2) is 12.1 Å². The van der Waals surface area contributed by atoms with Crippen LogP contribution in [0.25, 0.3) is 0 Å². The van der Waals surface area contributed by atoms with Crippen molar-refractivity contribution in [1.29, 1.82) is 0 Å². The summed E-state index contributed by atoms with van der Waals surface area (Å²) in [6, 6.07) is 3.69. The van der Waals surface area contributed by atoms with Crippen LogP contribution >= 0.6 is 11.6 Å². The summed E-state index contributed by atoms with van der Waals surface area (Å²) < 4.78 is 0. The zero-order chi connectivity index (χ0) is 10.7. The summed E-state index contributed by atoms with van der Waals surface area (Å²) in [7, 11) is 0. The molecule has 2 nitrogen and oxygen atoms in total. The molecule has 0 unspecified atom stereocenters. The fourth-order valence-corrected chi connectivity index (χ4v) is 1.66. The van der Waals surface area contributed by atoms with Gasteiger partial charge in [0.05, 0.1) is 0 Å². The molecular formula is C11H14ClNOY. The van der Waals surface area contributed by atoms with E-state index in [9.17, 15) is 4.79 Å². The van der Waals surface area contributed by atoms with Gasteiger partial charge in [0.15, 0.2) is 0 Å². The first kappa shape index (κ1) is 15.1. The third-order valence-corrected chi connectivity index (χ3v) is 2.30. The summed E-state index contributed by atoms with van der Waals surface area (Å²) in [5, 5.41) is 3.56. The average molecular weight is 301 g/mol. The Morgan fingerprint density at radius 1 is 1.33 bits per heavy atom. The van der Waals surface area contributed by atoms with Crippen LogP contribution in [-0.4, -0.2) is 5.91 Å². The van der Waals surface area contributed by atoms with Crippen molar-refractivity contribution < 1.29 is 37.5 Å². The van der Waals surface area contributed by atoms with Gasteiger partial charge in [-0.25, -0.2) is 0 Å². The van der Waals surface area contributed by atoms with E-state index in [4.69, 9.17) is 11.6 Å². The Balaban J connectivity index is 0.00000196. The third kappa shape index (κ3) is 4.22. The molecule has 0 aliphatic heterocycles. The molecule has 1 radical (unpaired) electrons. The van der Waals surface area contributed by atoms with E-state index in [1.165, 1.54) is 0 Å². The van der Waals surface area contributed by atoms with Crippen LogP contribution in [0.5, 0.6) is 0 Å². The first-order chi connectivity index (χ1) is 6.54. The smallest absolute Gasteiger partial charge is 0.224 e. The van der Waals surface area contributed by atoms with Crippen LogP contribution in [0.4, 0.5) is 5.69 Å². The Bertz CT molecular complexity index is 343. The second kappa shape index (κ2) is 6.62. The molecule has 0 fully saturated rings. The van der Waals surface area contributed by atoms with Gasteiger partial charge in [0.25, 0.3) is 0 Å². The van der Waals surface area contributed by atoms with Crippen molar-refractivity contribution in [3.8, 4) is 0 Å². The normalized spacial score (nSPS) is 9.33. The topological polar surface area (TPSA) is 29.1 Å². The molecule has 1 aromatic carbocycles. The van der Waals surface area contributed by atoms with Gasteiger partial charge < -0.3 is 5.32 Å². The molecule has 0 aliphatic carbocycles. The fraction of sp³-hybridized carbons (Fsp3) is 0.364. The molecule has 0 bridgehead atoms. The van der Waals surface area contributed by atoms with Gasteiger partial charge in [0.2, 0.25) is 5.91 Å². The summed E-state index contributed by atoms with van der Waals surface area (Å²) >= 11 is 5.88. The van der Waals surface area contributed by atoms with Crippen LogP contribution in [-0.2, 0) is 37.5 Å². The Labute approximate surface area is 121 Å². The Kier molecular flexibility index (Phi) is 6.66. The molecule has 1 rings (SSSR count). The minimum Gasteiger partial charge on any atom is -0.326 e. The molecule has 15 heavy (non-hydrogen) atoms. The zero-order valence-corrected chi connectivity index (χ0v) is 12.8. The largest absolute Gasteiger partial charge is 0.326 e. The van der Waals surface area contributed by atoms with E-state index in [2.05, 4.69) is 5.32 Å². The summed E-state index contributed by atoms with van der Waals surface area (Å²) in [6.45, 7) is 5.70. The SMILES string of the molecule is CCC(=O)Nc1c(C)cc(Cl)cc1C.[Y]. The molecule has 0 saturated heterocycles. The van der Waals surface area contributed by atoms with E-state index in [-0.39, 0.29) is 38.6 Å². The molecule has 0 spiro atoms. The van der Waals surface area contributed by atoms with Crippen molar-refractivity contribution in [3.63, 3.8) is 0 Å². The number of carbonyl (C=O) groups is 1. The maximum Gasteiger partial charge on any atom is 0.224 e. The number of amides is 1. The first-order valence-corrected chi connectivity index (χ1v) is 4.99. The molecule has 1 aromatic rings. The molecule has 4 heteroatoms.